The molecule has 0 aliphatic carbocycles. The molecule has 3 nitrogen and oxygen atoms in total. The van der Waals surface area contributed by atoms with Crippen LogP contribution in [0.4, 0.5) is 0 Å². The molecule has 3 heteroatoms. The molecule has 0 aromatic rings. The minimum atomic E-state index is -0.250. The lowest BCUT2D eigenvalue weighted by Crippen LogP contribution is -2.17. The Morgan fingerprint density at radius 3 is 3.00 bits per heavy atom. The van der Waals surface area contributed by atoms with Gasteiger partial charge in [0.05, 0.1) is 6.07 Å². The summed E-state index contributed by atoms with van der Waals surface area (Å²) in [4.78, 5) is 4.49. The smallest absolute Gasteiger partial charge is 0.151 e. The second-order valence-corrected chi connectivity index (χ2v) is 1.17. The molecule has 0 fully saturated rings. The van der Waals surface area contributed by atoms with Crippen LogP contribution in [0.3, 0.4) is 0 Å². The SMILES string of the molecule is N#CC1C=CON1. The van der Waals surface area contributed by atoms with E-state index in [0.29, 0.717) is 0 Å². The van der Waals surface area contributed by atoms with Gasteiger partial charge in [-0.3, -0.25) is 0 Å². The zero-order valence-corrected chi connectivity index (χ0v) is 3.59. The van der Waals surface area contributed by atoms with Crippen molar-refractivity contribution >= 4 is 0 Å². The van der Waals surface area contributed by atoms with Gasteiger partial charge in [-0.2, -0.15) is 5.26 Å². The average molecular weight is 96.1 g/mol. The van der Waals surface area contributed by atoms with Gasteiger partial charge in [0, 0.05) is 0 Å². The second kappa shape index (κ2) is 1.63. The van der Waals surface area contributed by atoms with Gasteiger partial charge in [0.25, 0.3) is 0 Å². The highest BCUT2D eigenvalue weighted by atomic mass is 16.6. The zero-order chi connectivity index (χ0) is 5.11. The lowest BCUT2D eigenvalue weighted by Gasteiger charge is -1.91. The highest BCUT2D eigenvalue weighted by Crippen LogP contribution is 1.91. The Morgan fingerprint density at radius 2 is 2.71 bits per heavy atom. The molecule has 0 radical (unpaired) electrons. The molecule has 36 valence electrons. The summed E-state index contributed by atoms with van der Waals surface area (Å²) in [5.74, 6) is 0. The van der Waals surface area contributed by atoms with Gasteiger partial charge in [0.15, 0.2) is 6.04 Å². The van der Waals surface area contributed by atoms with E-state index < -0.39 is 0 Å². The van der Waals surface area contributed by atoms with E-state index in [2.05, 4.69) is 10.3 Å². The van der Waals surface area contributed by atoms with Gasteiger partial charge in [0.1, 0.15) is 6.26 Å². The summed E-state index contributed by atoms with van der Waals surface area (Å²) < 4.78 is 0. The molecule has 7 heavy (non-hydrogen) atoms. The van der Waals surface area contributed by atoms with Crippen molar-refractivity contribution in [1.29, 1.82) is 5.26 Å². The van der Waals surface area contributed by atoms with Gasteiger partial charge in [-0.25, -0.2) is 0 Å². The van der Waals surface area contributed by atoms with Crippen molar-refractivity contribution in [3.8, 4) is 6.07 Å². The van der Waals surface area contributed by atoms with Gasteiger partial charge in [-0.1, -0.05) is 0 Å². The molecule has 1 N–H and O–H groups in total. The number of nitriles is 1. The first-order chi connectivity index (χ1) is 3.43. The molecule has 0 saturated heterocycles. The summed E-state index contributed by atoms with van der Waals surface area (Å²) in [6.07, 6.45) is 3.09. The van der Waals surface area contributed by atoms with E-state index in [1.807, 2.05) is 6.07 Å². The molecule has 1 rings (SSSR count). The summed E-state index contributed by atoms with van der Waals surface area (Å²) >= 11 is 0. The molecule has 1 heterocycles. The van der Waals surface area contributed by atoms with Gasteiger partial charge >= 0.3 is 0 Å². The van der Waals surface area contributed by atoms with E-state index in [0.717, 1.165) is 0 Å². The highest BCUT2D eigenvalue weighted by molar-refractivity contribution is 5.05. The van der Waals surface area contributed by atoms with Gasteiger partial charge in [0.2, 0.25) is 0 Å². The van der Waals surface area contributed by atoms with Crippen molar-refractivity contribution in [3.63, 3.8) is 0 Å². The number of nitrogens with one attached hydrogen (secondary N) is 1. The normalized spacial score (nSPS) is 26.4. The van der Waals surface area contributed by atoms with Crippen LogP contribution in [-0.2, 0) is 4.84 Å². The third kappa shape index (κ3) is 0.699. The molecule has 0 aromatic carbocycles. The van der Waals surface area contributed by atoms with E-state index in [9.17, 15) is 0 Å². The topological polar surface area (TPSA) is 45.0 Å². The molecule has 0 amide bonds. The van der Waals surface area contributed by atoms with E-state index >= 15 is 0 Å². The van der Waals surface area contributed by atoms with Crippen molar-refractivity contribution in [2.24, 2.45) is 0 Å². The van der Waals surface area contributed by atoms with Crippen LogP contribution in [0, 0.1) is 11.3 Å². The molecule has 0 spiro atoms. The van der Waals surface area contributed by atoms with Crippen molar-refractivity contribution in [1.82, 2.24) is 5.48 Å². The van der Waals surface area contributed by atoms with Gasteiger partial charge < -0.3 is 4.84 Å². The van der Waals surface area contributed by atoms with Crippen LogP contribution in [0.15, 0.2) is 12.3 Å². The Morgan fingerprint density at radius 1 is 1.86 bits per heavy atom. The predicted octanol–water partition coefficient (Wildman–Crippen LogP) is -0.0729. The molecule has 0 bridgehead atoms. The number of hydroxylamine groups is 1. The first kappa shape index (κ1) is 4.16. The van der Waals surface area contributed by atoms with Crippen LogP contribution in [0.1, 0.15) is 0 Å². The van der Waals surface area contributed by atoms with E-state index in [-0.39, 0.29) is 6.04 Å². The zero-order valence-electron chi connectivity index (χ0n) is 3.59. The number of hydrogen-bond acceptors (Lipinski definition) is 3. The van der Waals surface area contributed by atoms with Crippen molar-refractivity contribution in [2.75, 3.05) is 0 Å². The highest BCUT2D eigenvalue weighted by Gasteiger charge is 2.04. The Labute approximate surface area is 41.1 Å². The van der Waals surface area contributed by atoms with Crippen molar-refractivity contribution in [2.45, 2.75) is 6.04 Å². The summed E-state index contributed by atoms with van der Waals surface area (Å²) in [7, 11) is 0. The van der Waals surface area contributed by atoms with Gasteiger partial charge in [-0.05, 0) is 6.08 Å². The van der Waals surface area contributed by atoms with Crippen LogP contribution >= 0.6 is 0 Å². The Hall–Kier alpha value is -1.01. The van der Waals surface area contributed by atoms with Gasteiger partial charge in [-0.15, -0.1) is 5.48 Å². The first-order valence-electron chi connectivity index (χ1n) is 1.91. The van der Waals surface area contributed by atoms with Crippen LogP contribution in [0.5, 0.6) is 0 Å². The van der Waals surface area contributed by atoms with E-state index in [1.165, 1.54) is 6.26 Å². The first-order valence-corrected chi connectivity index (χ1v) is 1.91. The summed E-state index contributed by atoms with van der Waals surface area (Å²) in [6, 6.07) is 1.69. The Bertz CT molecular complexity index is 124. The fraction of sp³-hybridized carbons (Fsp3) is 0.250. The maximum absolute atomic E-state index is 8.12. The minimum Gasteiger partial charge on any atom is -0.415 e. The fourth-order valence-electron chi connectivity index (χ4n) is 0.339. The van der Waals surface area contributed by atoms with E-state index in [1.54, 1.807) is 6.08 Å². The Kier molecular flexibility index (Phi) is 0.966. The molecule has 1 aliphatic heterocycles. The molecular weight excluding hydrogens is 92.1 g/mol. The standard InChI is InChI=1S/C4H4N2O/c5-3-4-1-2-7-6-4/h1-2,4,6H. The second-order valence-electron chi connectivity index (χ2n) is 1.17. The largest absolute Gasteiger partial charge is 0.415 e. The lowest BCUT2D eigenvalue weighted by atomic mass is 10.4. The third-order valence-corrected chi connectivity index (χ3v) is 0.673. The average Bonchev–Trinajstić information content (AvgIpc) is 2.14. The quantitative estimate of drug-likeness (QED) is 0.459. The van der Waals surface area contributed by atoms with Crippen molar-refractivity contribution < 1.29 is 4.84 Å². The predicted molar refractivity (Wildman–Crippen MR) is 22.8 cm³/mol. The number of nitrogens with zero attached hydrogens (tertiary/aromatic N) is 1. The van der Waals surface area contributed by atoms with Crippen LogP contribution < -0.4 is 5.48 Å². The lowest BCUT2D eigenvalue weighted by molar-refractivity contribution is 0.154. The summed E-state index contributed by atoms with van der Waals surface area (Å²) in [5, 5.41) is 8.12. The fourth-order valence-corrected chi connectivity index (χ4v) is 0.339. The van der Waals surface area contributed by atoms with Crippen molar-refractivity contribution in [3.05, 3.63) is 12.3 Å². The maximum atomic E-state index is 8.12. The molecule has 0 saturated carbocycles. The Balaban J connectivity index is 2.47. The van der Waals surface area contributed by atoms with Crippen LogP contribution in [0.2, 0.25) is 0 Å². The van der Waals surface area contributed by atoms with Crippen LogP contribution in [0.25, 0.3) is 0 Å². The maximum Gasteiger partial charge on any atom is 0.151 e. The molecule has 1 atom stereocenters. The number of hydrogen-bond donors (Lipinski definition) is 1. The molecule has 1 aliphatic rings. The molecular formula is C4H4N2O. The summed E-state index contributed by atoms with van der Waals surface area (Å²) in [6.45, 7) is 0. The monoisotopic (exact) mass is 96.0 g/mol. The minimum absolute atomic E-state index is 0.250. The molecule has 1 unspecified atom stereocenters. The summed E-state index contributed by atoms with van der Waals surface area (Å²) in [5.41, 5.74) is 2.43. The van der Waals surface area contributed by atoms with E-state index in [4.69, 9.17) is 5.26 Å². The van der Waals surface area contributed by atoms with Crippen LogP contribution in [-0.4, -0.2) is 6.04 Å². The third-order valence-electron chi connectivity index (χ3n) is 0.673. The molecule has 0 aromatic heterocycles. The number of rotatable bonds is 0.